The van der Waals surface area contributed by atoms with E-state index in [1.165, 1.54) is 11.1 Å². The van der Waals surface area contributed by atoms with Crippen LogP contribution in [0.4, 0.5) is 0 Å². The summed E-state index contributed by atoms with van der Waals surface area (Å²) in [5.74, 6) is 1.39. The summed E-state index contributed by atoms with van der Waals surface area (Å²) < 4.78 is 5.16. The number of hydrogen-bond donors (Lipinski definition) is 1. The number of aryl methyl sites for hydroxylation is 2. The van der Waals surface area contributed by atoms with E-state index in [1.54, 1.807) is 0 Å². The lowest BCUT2D eigenvalue weighted by Crippen LogP contribution is -2.26. The Hall–Kier alpha value is -2.17. The van der Waals surface area contributed by atoms with Crippen molar-refractivity contribution in [3.05, 3.63) is 35.2 Å². The van der Waals surface area contributed by atoms with Gasteiger partial charge in [0, 0.05) is 18.4 Å². The molecule has 0 unspecified atom stereocenters. The molecule has 5 heteroatoms. The molecule has 0 spiro atoms. The number of amides is 1. The Bertz CT molecular complexity index is 663. The van der Waals surface area contributed by atoms with Crippen LogP contribution < -0.4 is 5.32 Å². The van der Waals surface area contributed by atoms with E-state index in [-0.39, 0.29) is 11.9 Å². The zero-order valence-corrected chi connectivity index (χ0v) is 12.3. The molecule has 5 nitrogen and oxygen atoms in total. The van der Waals surface area contributed by atoms with Crippen molar-refractivity contribution in [1.29, 1.82) is 0 Å². The second kappa shape index (κ2) is 5.68. The molecule has 110 valence electrons. The fourth-order valence-electron chi connectivity index (χ4n) is 2.72. The molecule has 1 heterocycles. The highest BCUT2D eigenvalue weighted by atomic mass is 16.5. The SMILES string of the molecule is CCC(=O)N[C@@H]1CCc2cc(-c3noc(CC)n3)ccc21. The number of benzene rings is 1. The molecular weight excluding hydrogens is 266 g/mol. The van der Waals surface area contributed by atoms with Crippen LogP contribution in [0.15, 0.2) is 22.7 Å². The molecule has 1 aliphatic carbocycles. The number of hydrogen-bond acceptors (Lipinski definition) is 4. The predicted octanol–water partition coefficient (Wildman–Crippen LogP) is 2.81. The van der Waals surface area contributed by atoms with E-state index in [0.29, 0.717) is 18.1 Å². The van der Waals surface area contributed by atoms with Crippen LogP contribution in [0.1, 0.15) is 49.7 Å². The molecule has 0 saturated carbocycles. The number of rotatable bonds is 4. The quantitative estimate of drug-likeness (QED) is 0.938. The summed E-state index contributed by atoms with van der Waals surface area (Å²) in [6, 6.07) is 6.32. The maximum absolute atomic E-state index is 11.6. The van der Waals surface area contributed by atoms with Gasteiger partial charge in [0.2, 0.25) is 17.6 Å². The van der Waals surface area contributed by atoms with Crippen LogP contribution in [-0.2, 0) is 17.6 Å². The van der Waals surface area contributed by atoms with Crippen LogP contribution in [0.3, 0.4) is 0 Å². The summed E-state index contributed by atoms with van der Waals surface area (Å²) in [5, 5.41) is 7.08. The van der Waals surface area contributed by atoms with Crippen molar-refractivity contribution in [1.82, 2.24) is 15.5 Å². The van der Waals surface area contributed by atoms with E-state index in [0.717, 1.165) is 24.8 Å². The molecule has 3 rings (SSSR count). The molecule has 1 aromatic heterocycles. The zero-order chi connectivity index (χ0) is 14.8. The maximum Gasteiger partial charge on any atom is 0.226 e. The fourth-order valence-corrected chi connectivity index (χ4v) is 2.72. The Morgan fingerprint density at radius 2 is 2.29 bits per heavy atom. The molecule has 0 aliphatic heterocycles. The first-order chi connectivity index (χ1) is 10.2. The maximum atomic E-state index is 11.6. The summed E-state index contributed by atoms with van der Waals surface area (Å²) in [5.41, 5.74) is 3.44. The second-order valence-electron chi connectivity index (χ2n) is 5.29. The first-order valence-corrected chi connectivity index (χ1v) is 7.46. The largest absolute Gasteiger partial charge is 0.349 e. The third kappa shape index (κ3) is 2.68. The average molecular weight is 285 g/mol. The molecule has 0 saturated heterocycles. The minimum atomic E-state index is 0.0997. The van der Waals surface area contributed by atoms with Gasteiger partial charge in [0.25, 0.3) is 0 Å². The number of aromatic nitrogens is 2. The Kier molecular flexibility index (Phi) is 3.73. The standard InChI is InChI=1S/C16H19N3O2/c1-3-14(20)17-13-8-6-10-9-11(5-7-12(10)13)16-18-15(4-2)21-19-16/h5,7,9,13H,3-4,6,8H2,1-2H3,(H,17,20)/t13-/m1/s1. The summed E-state index contributed by atoms with van der Waals surface area (Å²) in [6.45, 7) is 3.86. The molecular formula is C16H19N3O2. The minimum Gasteiger partial charge on any atom is -0.349 e. The molecule has 2 aromatic rings. The summed E-state index contributed by atoms with van der Waals surface area (Å²) in [4.78, 5) is 15.9. The van der Waals surface area contributed by atoms with Gasteiger partial charge in [-0.2, -0.15) is 4.98 Å². The van der Waals surface area contributed by atoms with Gasteiger partial charge in [-0.15, -0.1) is 0 Å². The van der Waals surface area contributed by atoms with Crippen molar-refractivity contribution < 1.29 is 9.32 Å². The minimum absolute atomic E-state index is 0.0997. The normalized spacial score (nSPS) is 16.8. The molecule has 0 radical (unpaired) electrons. The molecule has 1 amide bonds. The van der Waals surface area contributed by atoms with Gasteiger partial charge in [-0.3, -0.25) is 4.79 Å². The van der Waals surface area contributed by atoms with Gasteiger partial charge >= 0.3 is 0 Å². The van der Waals surface area contributed by atoms with Crippen LogP contribution in [0.5, 0.6) is 0 Å². The van der Waals surface area contributed by atoms with E-state index in [2.05, 4.69) is 27.6 Å². The van der Waals surface area contributed by atoms with Gasteiger partial charge < -0.3 is 9.84 Å². The molecule has 1 aliphatic rings. The van der Waals surface area contributed by atoms with E-state index in [9.17, 15) is 4.79 Å². The molecule has 1 atom stereocenters. The van der Waals surface area contributed by atoms with Crippen molar-refractivity contribution in [2.45, 2.75) is 45.6 Å². The number of carbonyl (C=O) groups is 1. The van der Waals surface area contributed by atoms with E-state index in [1.807, 2.05) is 19.9 Å². The van der Waals surface area contributed by atoms with Gasteiger partial charge in [0.05, 0.1) is 6.04 Å². The number of carbonyl (C=O) groups excluding carboxylic acids is 1. The summed E-state index contributed by atoms with van der Waals surface area (Å²) in [7, 11) is 0. The van der Waals surface area contributed by atoms with Crippen LogP contribution in [0.2, 0.25) is 0 Å². The third-order valence-corrected chi connectivity index (χ3v) is 3.91. The molecule has 21 heavy (non-hydrogen) atoms. The summed E-state index contributed by atoms with van der Waals surface area (Å²) in [6.07, 6.45) is 3.18. The lowest BCUT2D eigenvalue weighted by atomic mass is 10.0. The van der Waals surface area contributed by atoms with Crippen LogP contribution >= 0.6 is 0 Å². The average Bonchev–Trinajstić information content (AvgIpc) is 3.13. The number of fused-ring (bicyclic) bond motifs is 1. The summed E-state index contributed by atoms with van der Waals surface area (Å²) >= 11 is 0. The van der Waals surface area contributed by atoms with Gasteiger partial charge in [0.1, 0.15) is 0 Å². The van der Waals surface area contributed by atoms with Gasteiger partial charge in [-0.25, -0.2) is 0 Å². The Morgan fingerprint density at radius 1 is 1.43 bits per heavy atom. The van der Waals surface area contributed by atoms with Crippen LogP contribution in [0, 0.1) is 0 Å². The predicted molar refractivity (Wildman–Crippen MR) is 78.6 cm³/mol. The van der Waals surface area contributed by atoms with Crippen molar-refractivity contribution in [3.8, 4) is 11.4 Å². The first kappa shape index (κ1) is 13.8. The Morgan fingerprint density at radius 3 is 3.00 bits per heavy atom. The fraction of sp³-hybridized carbons (Fsp3) is 0.438. The monoisotopic (exact) mass is 285 g/mol. The molecule has 0 fully saturated rings. The topological polar surface area (TPSA) is 68.0 Å². The highest BCUT2D eigenvalue weighted by Crippen LogP contribution is 2.33. The van der Waals surface area contributed by atoms with E-state index >= 15 is 0 Å². The second-order valence-corrected chi connectivity index (χ2v) is 5.29. The molecule has 1 aromatic carbocycles. The Labute approximate surface area is 123 Å². The number of nitrogens with zero attached hydrogens (tertiary/aromatic N) is 2. The smallest absolute Gasteiger partial charge is 0.226 e. The highest BCUT2D eigenvalue weighted by Gasteiger charge is 2.24. The van der Waals surface area contributed by atoms with Gasteiger partial charge in [0.15, 0.2) is 0 Å². The number of nitrogens with one attached hydrogen (secondary N) is 1. The van der Waals surface area contributed by atoms with E-state index < -0.39 is 0 Å². The van der Waals surface area contributed by atoms with Crippen molar-refractivity contribution in [2.75, 3.05) is 0 Å². The van der Waals surface area contributed by atoms with Crippen molar-refractivity contribution in [2.24, 2.45) is 0 Å². The van der Waals surface area contributed by atoms with Gasteiger partial charge in [-0.1, -0.05) is 31.1 Å². The lowest BCUT2D eigenvalue weighted by Gasteiger charge is -2.13. The highest BCUT2D eigenvalue weighted by molar-refractivity contribution is 5.76. The third-order valence-electron chi connectivity index (χ3n) is 3.91. The first-order valence-electron chi connectivity index (χ1n) is 7.46. The molecule has 1 N–H and O–H groups in total. The van der Waals surface area contributed by atoms with Crippen molar-refractivity contribution in [3.63, 3.8) is 0 Å². The Balaban J connectivity index is 1.84. The van der Waals surface area contributed by atoms with Crippen LogP contribution in [-0.4, -0.2) is 16.0 Å². The zero-order valence-electron chi connectivity index (χ0n) is 12.3. The van der Waals surface area contributed by atoms with E-state index in [4.69, 9.17) is 4.52 Å². The van der Waals surface area contributed by atoms with Gasteiger partial charge in [-0.05, 0) is 30.0 Å². The van der Waals surface area contributed by atoms with Crippen molar-refractivity contribution >= 4 is 5.91 Å². The van der Waals surface area contributed by atoms with Crippen LogP contribution in [0.25, 0.3) is 11.4 Å². The lowest BCUT2D eigenvalue weighted by molar-refractivity contribution is -0.121. The molecule has 0 bridgehead atoms.